The van der Waals surface area contributed by atoms with Crippen LogP contribution in [0.2, 0.25) is 0 Å². The summed E-state index contributed by atoms with van der Waals surface area (Å²) < 4.78 is 35.5. The Morgan fingerprint density at radius 3 is 2.69 bits per heavy atom. The minimum absolute atomic E-state index is 0.0540. The minimum Gasteiger partial charge on any atom is -0.475 e. The summed E-state index contributed by atoms with van der Waals surface area (Å²) in [5.41, 5.74) is 0. The van der Waals surface area contributed by atoms with Crippen LogP contribution in [0.25, 0.3) is 0 Å². The lowest BCUT2D eigenvalue weighted by atomic mass is 10.1. The van der Waals surface area contributed by atoms with Gasteiger partial charge in [-0.3, -0.25) is 0 Å². The van der Waals surface area contributed by atoms with Crippen molar-refractivity contribution in [2.24, 2.45) is 5.92 Å². The summed E-state index contributed by atoms with van der Waals surface area (Å²) in [6.45, 7) is 4.71. The van der Waals surface area contributed by atoms with E-state index in [1.807, 2.05) is 0 Å². The predicted octanol–water partition coefficient (Wildman–Crippen LogP) is 1.76. The van der Waals surface area contributed by atoms with Gasteiger partial charge in [0.25, 0.3) is 5.88 Å². The highest BCUT2D eigenvalue weighted by Gasteiger charge is 2.19. The van der Waals surface area contributed by atoms with Crippen LogP contribution in [-0.2, 0) is 9.84 Å². The van der Waals surface area contributed by atoms with Crippen LogP contribution in [0, 0.1) is 5.92 Å². The van der Waals surface area contributed by atoms with Gasteiger partial charge in [0.1, 0.15) is 0 Å². The fraction of sp³-hybridized carbons (Fsp3) is 0.778. The summed E-state index contributed by atoms with van der Waals surface area (Å²) in [7, 11) is -3.33. The zero-order valence-electron chi connectivity index (χ0n) is 9.63. The van der Waals surface area contributed by atoms with E-state index in [4.69, 9.17) is 4.74 Å². The van der Waals surface area contributed by atoms with Crippen LogP contribution in [0.1, 0.15) is 26.7 Å². The van der Waals surface area contributed by atoms with Crippen molar-refractivity contribution in [3.8, 4) is 5.88 Å². The number of hydrogen-bond donors (Lipinski definition) is 0. The fourth-order valence-corrected chi connectivity index (χ4v) is 2.58. The molecule has 1 aromatic heterocycles. The maximum atomic E-state index is 11.3. The lowest BCUT2D eigenvalue weighted by Gasteiger charge is -2.08. The van der Waals surface area contributed by atoms with Gasteiger partial charge in [-0.15, -0.1) is 4.37 Å². The zero-order valence-corrected chi connectivity index (χ0v) is 11.3. The monoisotopic (exact) mass is 264 g/mol. The van der Waals surface area contributed by atoms with Gasteiger partial charge in [0.05, 0.1) is 18.3 Å². The largest absolute Gasteiger partial charge is 0.475 e. The minimum atomic E-state index is -3.33. The molecule has 7 heteroatoms. The Bertz CT molecular complexity index is 428. The summed E-state index contributed by atoms with van der Waals surface area (Å²) in [6, 6.07) is 0. The van der Waals surface area contributed by atoms with Crippen molar-refractivity contribution in [3.63, 3.8) is 0 Å². The van der Waals surface area contributed by atoms with E-state index in [1.165, 1.54) is 0 Å². The standard InChI is InChI=1S/C9H16N2O3S2/c1-4-7(2)5-6-14-8-9(11-15-10-8)16(3,12)13/h7H,4-6H2,1-3H3. The van der Waals surface area contributed by atoms with Crippen LogP contribution >= 0.6 is 11.7 Å². The molecular weight excluding hydrogens is 248 g/mol. The second kappa shape index (κ2) is 5.58. The molecule has 1 atom stereocenters. The molecule has 0 aliphatic rings. The second-order valence-corrected chi connectivity index (χ2v) is 6.26. The first-order chi connectivity index (χ1) is 7.45. The van der Waals surface area contributed by atoms with Crippen LogP contribution < -0.4 is 4.74 Å². The fourth-order valence-electron chi connectivity index (χ4n) is 1.05. The quantitative estimate of drug-likeness (QED) is 0.783. The highest BCUT2D eigenvalue weighted by atomic mass is 32.2. The lowest BCUT2D eigenvalue weighted by molar-refractivity contribution is 0.267. The Hall–Kier alpha value is -0.690. The number of aromatic nitrogens is 2. The molecule has 16 heavy (non-hydrogen) atoms. The maximum Gasteiger partial charge on any atom is 0.265 e. The topological polar surface area (TPSA) is 69.2 Å². The van der Waals surface area contributed by atoms with Crippen molar-refractivity contribution in [1.82, 2.24) is 8.75 Å². The third kappa shape index (κ3) is 3.71. The molecule has 0 spiro atoms. The molecule has 1 heterocycles. The smallest absolute Gasteiger partial charge is 0.265 e. The van der Waals surface area contributed by atoms with Gasteiger partial charge in [0, 0.05) is 6.26 Å². The Morgan fingerprint density at radius 2 is 2.12 bits per heavy atom. The van der Waals surface area contributed by atoms with Gasteiger partial charge in [-0.25, -0.2) is 8.42 Å². The summed E-state index contributed by atoms with van der Waals surface area (Å²) in [5, 5.41) is -0.0540. The van der Waals surface area contributed by atoms with Gasteiger partial charge in [-0.05, 0) is 12.3 Å². The Labute approximate surface area is 100 Å². The van der Waals surface area contributed by atoms with Crippen LogP contribution in [0.5, 0.6) is 5.88 Å². The van der Waals surface area contributed by atoms with Gasteiger partial charge in [0.15, 0.2) is 9.84 Å². The molecule has 0 aliphatic carbocycles. The Morgan fingerprint density at radius 1 is 1.44 bits per heavy atom. The van der Waals surface area contributed by atoms with E-state index in [9.17, 15) is 8.42 Å². The summed E-state index contributed by atoms with van der Waals surface area (Å²) in [6.07, 6.45) is 3.07. The lowest BCUT2D eigenvalue weighted by Crippen LogP contribution is -2.06. The molecule has 0 fully saturated rings. The summed E-state index contributed by atoms with van der Waals surface area (Å²) in [4.78, 5) is 0. The first kappa shape index (κ1) is 13.4. The van der Waals surface area contributed by atoms with E-state index in [0.717, 1.165) is 30.8 Å². The van der Waals surface area contributed by atoms with Gasteiger partial charge in [-0.2, -0.15) is 4.37 Å². The predicted molar refractivity (Wildman–Crippen MR) is 62.6 cm³/mol. The first-order valence-corrected chi connectivity index (χ1v) is 7.72. The molecular formula is C9H16N2O3S2. The molecule has 0 N–H and O–H groups in total. The van der Waals surface area contributed by atoms with Crippen LogP contribution in [-0.4, -0.2) is 30.0 Å². The number of sulfone groups is 1. The van der Waals surface area contributed by atoms with E-state index in [2.05, 4.69) is 22.6 Å². The first-order valence-electron chi connectivity index (χ1n) is 5.10. The van der Waals surface area contributed by atoms with E-state index in [-0.39, 0.29) is 10.9 Å². The molecule has 1 rings (SSSR count). The molecule has 92 valence electrons. The molecule has 1 unspecified atom stereocenters. The molecule has 1 aromatic rings. The molecule has 0 radical (unpaired) electrons. The molecule has 5 nitrogen and oxygen atoms in total. The molecule has 0 bridgehead atoms. The third-order valence-electron chi connectivity index (χ3n) is 2.33. The van der Waals surface area contributed by atoms with Crippen molar-refractivity contribution in [1.29, 1.82) is 0 Å². The Kier molecular flexibility index (Phi) is 4.67. The van der Waals surface area contributed by atoms with Crippen LogP contribution in [0.15, 0.2) is 5.03 Å². The molecule has 0 aromatic carbocycles. The van der Waals surface area contributed by atoms with Crippen molar-refractivity contribution >= 4 is 21.6 Å². The normalized spacial score (nSPS) is 13.7. The molecule has 0 amide bonds. The van der Waals surface area contributed by atoms with Gasteiger partial charge in [-0.1, -0.05) is 20.3 Å². The molecule has 0 aliphatic heterocycles. The van der Waals surface area contributed by atoms with Crippen molar-refractivity contribution in [2.45, 2.75) is 31.7 Å². The van der Waals surface area contributed by atoms with Crippen LogP contribution in [0.3, 0.4) is 0 Å². The average molecular weight is 264 g/mol. The molecule has 0 saturated heterocycles. The van der Waals surface area contributed by atoms with Crippen molar-refractivity contribution in [2.75, 3.05) is 12.9 Å². The number of rotatable bonds is 6. The maximum absolute atomic E-state index is 11.3. The van der Waals surface area contributed by atoms with Crippen LogP contribution in [0.4, 0.5) is 0 Å². The summed E-state index contributed by atoms with van der Waals surface area (Å²) >= 11 is 0.854. The van der Waals surface area contributed by atoms with Crippen molar-refractivity contribution in [3.05, 3.63) is 0 Å². The van der Waals surface area contributed by atoms with Gasteiger partial charge < -0.3 is 4.74 Å². The zero-order chi connectivity index (χ0) is 12.2. The van der Waals surface area contributed by atoms with E-state index < -0.39 is 9.84 Å². The van der Waals surface area contributed by atoms with Gasteiger partial charge in [0.2, 0.25) is 5.03 Å². The highest BCUT2D eigenvalue weighted by Crippen LogP contribution is 2.21. The summed E-state index contributed by atoms with van der Waals surface area (Å²) in [5.74, 6) is 0.698. The van der Waals surface area contributed by atoms with Crippen molar-refractivity contribution < 1.29 is 13.2 Å². The van der Waals surface area contributed by atoms with E-state index >= 15 is 0 Å². The Balaban J connectivity index is 2.59. The highest BCUT2D eigenvalue weighted by molar-refractivity contribution is 7.90. The average Bonchev–Trinajstić information content (AvgIpc) is 2.65. The van der Waals surface area contributed by atoms with Gasteiger partial charge >= 0.3 is 0 Å². The number of hydrogen-bond acceptors (Lipinski definition) is 6. The van der Waals surface area contributed by atoms with E-state index in [1.54, 1.807) is 0 Å². The van der Waals surface area contributed by atoms with E-state index in [0.29, 0.717) is 12.5 Å². The third-order valence-corrected chi connectivity index (χ3v) is 3.92. The second-order valence-electron chi connectivity index (χ2n) is 3.80. The SMILES string of the molecule is CCC(C)CCOc1nsnc1S(C)(=O)=O. The number of ether oxygens (including phenoxy) is 1. The number of nitrogens with zero attached hydrogens (tertiary/aromatic N) is 2. The molecule has 0 saturated carbocycles.